The Balaban J connectivity index is 1.84. The molecule has 0 radical (unpaired) electrons. The number of esters is 1. The first kappa shape index (κ1) is 31.6. The minimum Gasteiger partial charge on any atom is -0.467 e. The maximum Gasteiger partial charge on any atom is 0.328 e. The summed E-state index contributed by atoms with van der Waals surface area (Å²) in [7, 11) is 1.36. The van der Waals surface area contributed by atoms with E-state index in [9.17, 15) is 9.59 Å². The van der Waals surface area contributed by atoms with E-state index in [1.54, 1.807) is 11.8 Å². The number of methoxy groups -OCH3 is 1. The summed E-state index contributed by atoms with van der Waals surface area (Å²) in [4.78, 5) is 25.9. The fourth-order valence-corrected chi connectivity index (χ4v) is 7.38. The molecule has 2 aromatic rings. The van der Waals surface area contributed by atoms with Gasteiger partial charge in [-0.25, -0.2) is 4.79 Å². The van der Waals surface area contributed by atoms with Crippen LogP contribution in [0.15, 0.2) is 42.5 Å². The Kier molecular flexibility index (Phi) is 13.2. The average molecular weight is 571 g/mol. The van der Waals surface area contributed by atoms with Crippen LogP contribution in [-0.4, -0.2) is 54.1 Å². The SMILES string of the molecule is CCSC(C1CCCCC1)C(C)NCc1ccc(C(=O)N[C@@H](CCSC)C(=O)OC)c(-c2ccccc2C)c1. The minimum atomic E-state index is -0.672. The lowest BCUT2D eigenvalue weighted by Crippen LogP contribution is -2.42. The first-order chi connectivity index (χ1) is 18.9. The van der Waals surface area contributed by atoms with Crippen molar-refractivity contribution in [3.05, 3.63) is 59.2 Å². The lowest BCUT2D eigenvalue weighted by atomic mass is 9.84. The Morgan fingerprint density at radius 1 is 1.08 bits per heavy atom. The largest absolute Gasteiger partial charge is 0.467 e. The number of thioether (sulfide) groups is 2. The molecule has 1 saturated carbocycles. The molecule has 2 unspecified atom stereocenters. The molecule has 1 aliphatic rings. The van der Waals surface area contributed by atoms with E-state index in [-0.39, 0.29) is 5.91 Å². The zero-order valence-electron chi connectivity index (χ0n) is 24.3. The van der Waals surface area contributed by atoms with Gasteiger partial charge in [-0.1, -0.05) is 56.5 Å². The molecule has 3 atom stereocenters. The van der Waals surface area contributed by atoms with Gasteiger partial charge in [0.15, 0.2) is 0 Å². The molecule has 5 nitrogen and oxygen atoms in total. The summed E-state index contributed by atoms with van der Waals surface area (Å²) in [5, 5.41) is 7.37. The smallest absolute Gasteiger partial charge is 0.328 e. The van der Waals surface area contributed by atoms with Gasteiger partial charge >= 0.3 is 5.97 Å². The molecule has 0 spiro atoms. The average Bonchev–Trinajstić information content (AvgIpc) is 2.96. The van der Waals surface area contributed by atoms with Crippen LogP contribution >= 0.6 is 23.5 Å². The zero-order valence-corrected chi connectivity index (χ0v) is 25.9. The molecule has 2 N–H and O–H groups in total. The summed E-state index contributed by atoms with van der Waals surface area (Å²) in [6.45, 7) is 7.40. The third-order valence-corrected chi connectivity index (χ3v) is 9.92. The molecule has 0 aromatic heterocycles. The van der Waals surface area contributed by atoms with E-state index >= 15 is 0 Å². The quantitative estimate of drug-likeness (QED) is 0.242. The number of carbonyl (C=O) groups excluding carboxylic acids is 2. The van der Waals surface area contributed by atoms with Crippen molar-refractivity contribution in [2.24, 2.45) is 5.92 Å². The first-order valence-corrected chi connectivity index (χ1v) is 16.7. The normalized spacial score (nSPS) is 16.3. The number of hydrogen-bond acceptors (Lipinski definition) is 6. The van der Waals surface area contributed by atoms with Crippen LogP contribution in [0.3, 0.4) is 0 Å². The second kappa shape index (κ2) is 16.3. The molecule has 7 heteroatoms. The molecular formula is C32H46N2O3S2. The molecule has 0 heterocycles. The molecule has 1 fully saturated rings. The number of ether oxygens (including phenoxy) is 1. The fraction of sp³-hybridized carbons (Fsp3) is 0.562. The zero-order chi connectivity index (χ0) is 28.2. The van der Waals surface area contributed by atoms with Crippen LogP contribution in [0.4, 0.5) is 0 Å². The van der Waals surface area contributed by atoms with E-state index in [2.05, 4.69) is 61.4 Å². The Morgan fingerprint density at radius 3 is 2.49 bits per heavy atom. The van der Waals surface area contributed by atoms with E-state index in [1.165, 1.54) is 39.2 Å². The van der Waals surface area contributed by atoms with Gasteiger partial charge in [-0.3, -0.25) is 4.79 Å². The lowest BCUT2D eigenvalue weighted by molar-refractivity contribution is -0.142. The molecule has 3 rings (SSSR count). The molecule has 0 bridgehead atoms. The van der Waals surface area contributed by atoms with Gasteiger partial charge in [-0.15, -0.1) is 0 Å². The number of carbonyl (C=O) groups is 2. The molecule has 1 amide bonds. The lowest BCUT2D eigenvalue weighted by Gasteiger charge is -2.34. The maximum absolute atomic E-state index is 13.5. The van der Waals surface area contributed by atoms with Crippen molar-refractivity contribution in [3.8, 4) is 11.1 Å². The monoisotopic (exact) mass is 570 g/mol. The van der Waals surface area contributed by atoms with Crippen LogP contribution in [-0.2, 0) is 16.1 Å². The molecule has 0 saturated heterocycles. The highest BCUT2D eigenvalue weighted by molar-refractivity contribution is 7.99. The summed E-state index contributed by atoms with van der Waals surface area (Å²) < 4.78 is 4.96. The predicted molar refractivity (Wildman–Crippen MR) is 168 cm³/mol. The number of hydrogen-bond donors (Lipinski definition) is 2. The van der Waals surface area contributed by atoms with E-state index < -0.39 is 12.0 Å². The molecule has 39 heavy (non-hydrogen) atoms. The van der Waals surface area contributed by atoms with Gasteiger partial charge in [-0.2, -0.15) is 23.5 Å². The van der Waals surface area contributed by atoms with Gasteiger partial charge in [0.1, 0.15) is 6.04 Å². The standard InChI is InChI=1S/C32H46N2O3S2/c1-6-39-30(25-13-8-7-9-14-25)23(3)33-21-24-16-17-27(28(20-24)26-15-11-10-12-22(26)2)31(35)34-29(18-19-38-5)32(36)37-4/h10-12,15-17,20,23,25,29-30,33H,6-9,13-14,18-19,21H2,1-5H3,(H,34,35)/t23?,29-,30?/m0/s1. The van der Waals surface area contributed by atoms with Crippen LogP contribution in [0.1, 0.15) is 73.9 Å². The van der Waals surface area contributed by atoms with Crippen molar-refractivity contribution in [2.45, 2.75) is 83.2 Å². The van der Waals surface area contributed by atoms with Gasteiger partial charge in [0.25, 0.3) is 5.91 Å². The highest BCUT2D eigenvalue weighted by Crippen LogP contribution is 2.35. The third kappa shape index (κ3) is 9.02. The first-order valence-electron chi connectivity index (χ1n) is 14.3. The van der Waals surface area contributed by atoms with Crippen LogP contribution in [0.5, 0.6) is 0 Å². The second-order valence-corrected chi connectivity index (χ2v) is 13.0. The highest BCUT2D eigenvalue weighted by Gasteiger charge is 2.28. The summed E-state index contributed by atoms with van der Waals surface area (Å²) in [5.41, 5.74) is 4.73. The molecule has 0 aliphatic heterocycles. The van der Waals surface area contributed by atoms with Crippen molar-refractivity contribution in [2.75, 3.05) is 24.9 Å². The van der Waals surface area contributed by atoms with Crippen molar-refractivity contribution >= 4 is 35.4 Å². The van der Waals surface area contributed by atoms with Crippen LogP contribution in [0, 0.1) is 12.8 Å². The van der Waals surface area contributed by atoms with Crippen LogP contribution in [0.25, 0.3) is 11.1 Å². The van der Waals surface area contributed by atoms with E-state index in [4.69, 9.17) is 4.74 Å². The highest BCUT2D eigenvalue weighted by atomic mass is 32.2. The number of benzene rings is 2. The predicted octanol–water partition coefficient (Wildman–Crippen LogP) is 6.87. The van der Waals surface area contributed by atoms with Gasteiger partial charge in [0, 0.05) is 23.4 Å². The molecule has 2 aromatic carbocycles. The molecule has 1 aliphatic carbocycles. The second-order valence-electron chi connectivity index (χ2n) is 10.5. The summed E-state index contributed by atoms with van der Waals surface area (Å²) in [5.74, 6) is 2.01. The summed E-state index contributed by atoms with van der Waals surface area (Å²) in [6.07, 6.45) is 9.28. The topological polar surface area (TPSA) is 67.4 Å². The Hall–Kier alpha value is -1.96. The summed E-state index contributed by atoms with van der Waals surface area (Å²) >= 11 is 3.73. The van der Waals surface area contributed by atoms with Crippen LogP contribution < -0.4 is 10.6 Å². The van der Waals surface area contributed by atoms with E-state index in [1.807, 2.05) is 30.5 Å². The Labute approximate surface area is 244 Å². The van der Waals surface area contributed by atoms with Crippen molar-refractivity contribution < 1.29 is 14.3 Å². The van der Waals surface area contributed by atoms with Crippen molar-refractivity contribution in [3.63, 3.8) is 0 Å². The fourth-order valence-electron chi connectivity index (χ4n) is 5.60. The minimum absolute atomic E-state index is 0.255. The number of nitrogens with one attached hydrogen (secondary N) is 2. The van der Waals surface area contributed by atoms with E-state index in [0.29, 0.717) is 23.3 Å². The van der Waals surface area contributed by atoms with Gasteiger partial charge < -0.3 is 15.4 Å². The Bertz CT molecular complexity index is 1070. The molecular weight excluding hydrogens is 524 g/mol. The Morgan fingerprint density at radius 2 is 1.82 bits per heavy atom. The number of rotatable bonds is 14. The third-order valence-electron chi connectivity index (χ3n) is 7.76. The number of amides is 1. The van der Waals surface area contributed by atoms with Gasteiger partial charge in [-0.05, 0) is 91.2 Å². The van der Waals surface area contributed by atoms with Crippen molar-refractivity contribution in [1.29, 1.82) is 0 Å². The molecule has 214 valence electrons. The van der Waals surface area contributed by atoms with E-state index in [0.717, 1.165) is 46.2 Å². The number of aryl methyl sites for hydroxylation is 1. The van der Waals surface area contributed by atoms with Gasteiger partial charge in [0.05, 0.1) is 7.11 Å². The van der Waals surface area contributed by atoms with Crippen LogP contribution in [0.2, 0.25) is 0 Å². The summed E-state index contributed by atoms with van der Waals surface area (Å²) in [6, 6.07) is 13.9. The maximum atomic E-state index is 13.5. The van der Waals surface area contributed by atoms with Crippen molar-refractivity contribution in [1.82, 2.24) is 10.6 Å². The van der Waals surface area contributed by atoms with Gasteiger partial charge in [0.2, 0.25) is 0 Å².